The lowest BCUT2D eigenvalue weighted by Crippen LogP contribution is -1.87. The van der Waals surface area contributed by atoms with Crippen molar-refractivity contribution < 1.29 is 5.11 Å². The largest absolute Gasteiger partial charge is 0.348 e. The number of unbranched alkanes of at least 4 members (excludes halogenated alkanes) is 1. The molecule has 0 fully saturated rings. The first-order valence-corrected chi connectivity index (χ1v) is 3.49. The average molecular weight is 139 g/mol. The topological polar surface area (TPSA) is 48.6 Å². The summed E-state index contributed by atoms with van der Waals surface area (Å²) < 4.78 is 0. The van der Waals surface area contributed by atoms with Crippen molar-refractivity contribution in [3.05, 3.63) is 18.2 Å². The summed E-state index contributed by atoms with van der Waals surface area (Å²) in [6.07, 6.45) is 6.13. The molecule has 0 amide bonds. The zero-order valence-electron chi connectivity index (χ0n) is 5.84. The fraction of sp³-hybridized carbons (Fsp3) is 0.571. The molecule has 1 N–H and O–H groups in total. The van der Waals surface area contributed by atoms with Crippen molar-refractivity contribution in [2.45, 2.75) is 19.3 Å². The molecular formula is C7H11N2O. The number of aromatic amines is 1. The zero-order valence-corrected chi connectivity index (χ0v) is 5.84. The molecule has 0 aliphatic heterocycles. The summed E-state index contributed by atoms with van der Waals surface area (Å²) in [5, 5.41) is 10.0. The summed E-state index contributed by atoms with van der Waals surface area (Å²) in [6, 6.07) is 0. The van der Waals surface area contributed by atoms with Crippen LogP contribution in [-0.4, -0.2) is 16.6 Å². The van der Waals surface area contributed by atoms with Crippen molar-refractivity contribution in [1.29, 1.82) is 0 Å². The molecule has 1 rings (SSSR count). The normalized spacial score (nSPS) is 10.1. The van der Waals surface area contributed by atoms with E-state index in [0.29, 0.717) is 0 Å². The number of hydrogen-bond acceptors (Lipinski definition) is 1. The Kier molecular flexibility index (Phi) is 2.96. The van der Waals surface area contributed by atoms with E-state index in [9.17, 15) is 5.11 Å². The zero-order chi connectivity index (χ0) is 7.23. The van der Waals surface area contributed by atoms with Gasteiger partial charge in [0, 0.05) is 11.9 Å². The highest BCUT2D eigenvalue weighted by Crippen LogP contribution is 1.98. The Labute approximate surface area is 60.1 Å². The lowest BCUT2D eigenvalue weighted by molar-refractivity contribution is 0.187. The quantitative estimate of drug-likeness (QED) is 0.625. The van der Waals surface area contributed by atoms with E-state index >= 15 is 0 Å². The molecular weight excluding hydrogens is 128 g/mol. The van der Waals surface area contributed by atoms with E-state index in [1.165, 1.54) is 0 Å². The van der Waals surface area contributed by atoms with Crippen molar-refractivity contribution in [3.63, 3.8) is 0 Å². The summed E-state index contributed by atoms with van der Waals surface area (Å²) >= 11 is 0. The van der Waals surface area contributed by atoms with Crippen LogP contribution in [0.5, 0.6) is 0 Å². The molecule has 1 heterocycles. The smallest absolute Gasteiger partial charge is 0.0921 e. The number of aromatic nitrogens is 2. The molecule has 0 atom stereocenters. The van der Waals surface area contributed by atoms with Gasteiger partial charge in [0.25, 0.3) is 0 Å². The van der Waals surface area contributed by atoms with Crippen LogP contribution < -0.4 is 0 Å². The Morgan fingerprint density at radius 3 is 3.00 bits per heavy atom. The molecule has 0 aliphatic rings. The molecule has 1 aromatic rings. The molecule has 0 spiro atoms. The molecule has 0 bridgehead atoms. The first kappa shape index (κ1) is 7.28. The summed E-state index contributed by atoms with van der Waals surface area (Å²) in [6.45, 7) is 0.0359. The van der Waals surface area contributed by atoms with Crippen molar-refractivity contribution in [3.8, 4) is 0 Å². The Balaban J connectivity index is 2.15. The summed E-state index contributed by atoms with van der Waals surface area (Å²) in [5.74, 6) is 0. The van der Waals surface area contributed by atoms with E-state index in [2.05, 4.69) is 9.97 Å². The van der Waals surface area contributed by atoms with Crippen LogP contribution in [0.2, 0.25) is 0 Å². The van der Waals surface area contributed by atoms with Gasteiger partial charge in [0.15, 0.2) is 0 Å². The lowest BCUT2D eigenvalue weighted by Gasteiger charge is -1.92. The first-order chi connectivity index (χ1) is 4.93. The molecule has 0 aromatic carbocycles. The SMILES string of the molecule is [O]CCCCc1cnc[nH]1. The molecule has 0 unspecified atom stereocenters. The van der Waals surface area contributed by atoms with E-state index in [1.807, 2.05) is 0 Å². The van der Waals surface area contributed by atoms with Gasteiger partial charge in [-0.05, 0) is 19.3 Å². The third-order valence-electron chi connectivity index (χ3n) is 1.40. The van der Waals surface area contributed by atoms with Gasteiger partial charge in [0.2, 0.25) is 0 Å². The molecule has 3 nitrogen and oxygen atoms in total. The van der Waals surface area contributed by atoms with Gasteiger partial charge in [0.05, 0.1) is 12.9 Å². The number of nitrogens with zero attached hydrogens (tertiary/aromatic N) is 1. The maximum Gasteiger partial charge on any atom is 0.0921 e. The summed E-state index contributed by atoms with van der Waals surface area (Å²) in [5.41, 5.74) is 1.12. The Morgan fingerprint density at radius 1 is 1.50 bits per heavy atom. The fourth-order valence-corrected chi connectivity index (χ4v) is 0.839. The minimum atomic E-state index is 0.0359. The third-order valence-corrected chi connectivity index (χ3v) is 1.40. The van der Waals surface area contributed by atoms with Crippen LogP contribution >= 0.6 is 0 Å². The Bertz CT molecular complexity index is 160. The van der Waals surface area contributed by atoms with Crippen molar-refractivity contribution in [2.24, 2.45) is 0 Å². The van der Waals surface area contributed by atoms with Gasteiger partial charge < -0.3 is 4.98 Å². The molecule has 3 heteroatoms. The number of H-pyrrole nitrogens is 1. The van der Waals surface area contributed by atoms with Crippen LogP contribution in [0.15, 0.2) is 12.5 Å². The lowest BCUT2D eigenvalue weighted by atomic mass is 10.2. The van der Waals surface area contributed by atoms with Gasteiger partial charge in [-0.1, -0.05) is 0 Å². The minimum Gasteiger partial charge on any atom is -0.348 e. The number of rotatable bonds is 4. The molecule has 55 valence electrons. The average Bonchev–Trinajstić information content (AvgIpc) is 2.41. The van der Waals surface area contributed by atoms with Crippen LogP contribution in [0.25, 0.3) is 0 Å². The minimum absolute atomic E-state index is 0.0359. The highest BCUT2D eigenvalue weighted by molar-refractivity contribution is 4.93. The fourth-order valence-electron chi connectivity index (χ4n) is 0.839. The Hall–Kier alpha value is -0.830. The second-order valence-electron chi connectivity index (χ2n) is 2.24. The third kappa shape index (κ3) is 2.19. The highest BCUT2D eigenvalue weighted by atomic mass is 16.2. The molecule has 10 heavy (non-hydrogen) atoms. The molecule has 0 saturated heterocycles. The van der Waals surface area contributed by atoms with E-state index < -0.39 is 0 Å². The summed E-state index contributed by atoms with van der Waals surface area (Å²) in [4.78, 5) is 6.85. The maximum absolute atomic E-state index is 10.0. The Morgan fingerprint density at radius 2 is 2.40 bits per heavy atom. The van der Waals surface area contributed by atoms with Gasteiger partial charge in [-0.2, -0.15) is 0 Å². The van der Waals surface area contributed by atoms with E-state index in [4.69, 9.17) is 0 Å². The predicted molar refractivity (Wildman–Crippen MR) is 37.1 cm³/mol. The number of nitrogens with one attached hydrogen (secondary N) is 1. The van der Waals surface area contributed by atoms with Crippen LogP contribution in [-0.2, 0) is 11.5 Å². The first-order valence-electron chi connectivity index (χ1n) is 3.49. The van der Waals surface area contributed by atoms with E-state index in [0.717, 1.165) is 25.0 Å². The molecule has 1 aromatic heterocycles. The maximum atomic E-state index is 10.0. The number of imidazole rings is 1. The number of aryl methyl sites for hydroxylation is 1. The van der Waals surface area contributed by atoms with Gasteiger partial charge in [-0.25, -0.2) is 10.1 Å². The van der Waals surface area contributed by atoms with Crippen LogP contribution in [0, 0.1) is 0 Å². The summed E-state index contributed by atoms with van der Waals surface area (Å²) in [7, 11) is 0. The van der Waals surface area contributed by atoms with Crippen LogP contribution in [0.4, 0.5) is 0 Å². The monoisotopic (exact) mass is 139 g/mol. The van der Waals surface area contributed by atoms with Crippen LogP contribution in [0.3, 0.4) is 0 Å². The predicted octanol–water partition coefficient (Wildman–Crippen LogP) is 1.16. The van der Waals surface area contributed by atoms with Crippen molar-refractivity contribution in [2.75, 3.05) is 6.61 Å². The highest BCUT2D eigenvalue weighted by Gasteiger charge is 1.92. The number of hydrogen-bond donors (Lipinski definition) is 1. The standard InChI is InChI=1S/C7H11N2O/c10-4-2-1-3-7-5-8-6-9-7/h5-6H,1-4H2,(H,8,9). The van der Waals surface area contributed by atoms with Crippen molar-refractivity contribution >= 4 is 0 Å². The van der Waals surface area contributed by atoms with Crippen molar-refractivity contribution in [1.82, 2.24) is 9.97 Å². The van der Waals surface area contributed by atoms with Gasteiger partial charge in [0.1, 0.15) is 0 Å². The van der Waals surface area contributed by atoms with E-state index in [1.54, 1.807) is 12.5 Å². The molecule has 0 aliphatic carbocycles. The second kappa shape index (κ2) is 4.06. The molecule has 1 radical (unpaired) electrons. The van der Waals surface area contributed by atoms with Gasteiger partial charge >= 0.3 is 0 Å². The molecule has 0 saturated carbocycles. The van der Waals surface area contributed by atoms with Gasteiger partial charge in [-0.3, -0.25) is 0 Å². The van der Waals surface area contributed by atoms with E-state index in [-0.39, 0.29) is 6.61 Å². The second-order valence-corrected chi connectivity index (χ2v) is 2.24. The van der Waals surface area contributed by atoms with Gasteiger partial charge in [-0.15, -0.1) is 0 Å². The van der Waals surface area contributed by atoms with Crippen LogP contribution in [0.1, 0.15) is 18.5 Å².